The maximum Gasteiger partial charge on any atom is 0.300 e. The second-order valence-corrected chi connectivity index (χ2v) is 7.41. The molecule has 1 aliphatic heterocycles. The average Bonchev–Trinajstić information content (AvgIpc) is 3.13. The van der Waals surface area contributed by atoms with Gasteiger partial charge in [0.15, 0.2) is 0 Å². The third-order valence-corrected chi connectivity index (χ3v) is 5.57. The van der Waals surface area contributed by atoms with Crippen LogP contribution < -0.4 is 14.4 Å². The van der Waals surface area contributed by atoms with E-state index in [1.807, 2.05) is 6.07 Å². The summed E-state index contributed by atoms with van der Waals surface area (Å²) in [6, 6.07) is 17.3. The molecule has 0 spiro atoms. The summed E-state index contributed by atoms with van der Waals surface area (Å²) in [6.07, 6.45) is 0. The molecule has 0 radical (unpaired) electrons. The largest absolute Gasteiger partial charge is 0.507 e. The van der Waals surface area contributed by atoms with Crippen LogP contribution in [0.25, 0.3) is 5.76 Å². The van der Waals surface area contributed by atoms with Crippen LogP contribution in [-0.4, -0.2) is 31.0 Å². The van der Waals surface area contributed by atoms with Crippen LogP contribution in [0.3, 0.4) is 0 Å². The van der Waals surface area contributed by atoms with Gasteiger partial charge in [0.25, 0.3) is 11.7 Å². The van der Waals surface area contributed by atoms with Crippen LogP contribution in [0.4, 0.5) is 10.1 Å². The van der Waals surface area contributed by atoms with E-state index in [2.05, 4.69) is 0 Å². The number of halogens is 1. The van der Waals surface area contributed by atoms with Gasteiger partial charge in [-0.3, -0.25) is 14.5 Å². The first-order chi connectivity index (χ1) is 16.4. The molecule has 7 nitrogen and oxygen atoms in total. The van der Waals surface area contributed by atoms with Gasteiger partial charge >= 0.3 is 0 Å². The molecule has 0 aromatic heterocycles. The number of aliphatic hydroxyl groups excluding tert-OH is 1. The monoisotopic (exact) mass is 458 g/mol. The maximum atomic E-state index is 14.1. The Morgan fingerprint density at radius 2 is 1.68 bits per heavy atom. The summed E-state index contributed by atoms with van der Waals surface area (Å²) < 4.78 is 24.8. The van der Waals surface area contributed by atoms with Crippen molar-refractivity contribution in [3.8, 4) is 17.6 Å². The van der Waals surface area contributed by atoms with E-state index in [0.29, 0.717) is 22.6 Å². The van der Waals surface area contributed by atoms with Gasteiger partial charge in [0.2, 0.25) is 0 Å². The van der Waals surface area contributed by atoms with E-state index < -0.39 is 29.3 Å². The van der Waals surface area contributed by atoms with Crippen LogP contribution in [-0.2, 0) is 9.59 Å². The topological polar surface area (TPSA) is 99.9 Å². The van der Waals surface area contributed by atoms with Crippen LogP contribution in [0.5, 0.6) is 11.5 Å². The number of methoxy groups -OCH3 is 2. The normalized spacial score (nSPS) is 16.9. The second-order valence-electron chi connectivity index (χ2n) is 7.41. The molecule has 3 aromatic carbocycles. The molecular formula is C26H19FN2O5. The van der Waals surface area contributed by atoms with Crippen molar-refractivity contribution in [3.63, 3.8) is 0 Å². The van der Waals surface area contributed by atoms with Crippen molar-refractivity contribution in [3.05, 3.63) is 94.8 Å². The SMILES string of the molecule is COc1ccc(F)cc1/C(O)=C1\C(=O)C(=O)N(c2ccc(C#N)cc2)C1c1ccccc1OC. The van der Waals surface area contributed by atoms with Gasteiger partial charge in [0.05, 0.1) is 43.0 Å². The van der Waals surface area contributed by atoms with Crippen LogP contribution in [0.2, 0.25) is 0 Å². The number of ketones is 1. The van der Waals surface area contributed by atoms with Gasteiger partial charge in [0.1, 0.15) is 23.1 Å². The van der Waals surface area contributed by atoms with E-state index in [0.717, 1.165) is 12.1 Å². The Hall–Kier alpha value is -4.64. The second kappa shape index (κ2) is 9.08. The minimum absolute atomic E-state index is 0.0692. The molecule has 34 heavy (non-hydrogen) atoms. The summed E-state index contributed by atoms with van der Waals surface area (Å²) in [4.78, 5) is 27.7. The van der Waals surface area contributed by atoms with Crippen LogP contribution in [0.15, 0.2) is 72.3 Å². The minimum Gasteiger partial charge on any atom is -0.507 e. The molecule has 1 heterocycles. The highest BCUT2D eigenvalue weighted by Crippen LogP contribution is 2.45. The lowest BCUT2D eigenvalue weighted by Gasteiger charge is -2.26. The zero-order chi connectivity index (χ0) is 24.4. The molecule has 0 saturated carbocycles. The number of amides is 1. The van der Waals surface area contributed by atoms with Crippen LogP contribution in [0.1, 0.15) is 22.7 Å². The van der Waals surface area contributed by atoms with Crippen molar-refractivity contribution in [1.82, 2.24) is 0 Å². The van der Waals surface area contributed by atoms with E-state index in [1.165, 1.54) is 49.5 Å². The Kier molecular flexibility index (Phi) is 6.02. The van der Waals surface area contributed by atoms with E-state index in [1.54, 1.807) is 24.3 Å². The molecular weight excluding hydrogens is 439 g/mol. The number of carbonyl (C=O) groups excluding carboxylic acids is 2. The maximum absolute atomic E-state index is 14.1. The molecule has 1 amide bonds. The van der Waals surface area contributed by atoms with Gasteiger partial charge in [-0.25, -0.2) is 4.39 Å². The Bertz CT molecular complexity index is 1360. The number of nitrogens with zero attached hydrogens (tertiary/aromatic N) is 2. The van der Waals surface area contributed by atoms with Crippen molar-refractivity contribution >= 4 is 23.1 Å². The fourth-order valence-electron chi connectivity index (χ4n) is 3.99. The highest BCUT2D eigenvalue weighted by molar-refractivity contribution is 6.51. The molecule has 8 heteroatoms. The number of benzene rings is 3. The molecule has 1 atom stereocenters. The number of nitriles is 1. The van der Waals surface area contributed by atoms with Gasteiger partial charge in [0, 0.05) is 11.3 Å². The van der Waals surface area contributed by atoms with Crippen LogP contribution >= 0.6 is 0 Å². The number of Topliss-reactive ketones (excluding diaryl/α,β-unsaturated/α-hetero) is 1. The molecule has 0 bridgehead atoms. The first-order valence-corrected chi connectivity index (χ1v) is 10.2. The van der Waals surface area contributed by atoms with Crippen molar-refractivity contribution < 1.29 is 28.6 Å². The average molecular weight is 458 g/mol. The lowest BCUT2D eigenvalue weighted by Crippen LogP contribution is -2.29. The van der Waals surface area contributed by atoms with Gasteiger partial charge < -0.3 is 14.6 Å². The number of para-hydroxylation sites is 1. The predicted molar refractivity (Wildman–Crippen MR) is 122 cm³/mol. The van der Waals surface area contributed by atoms with Gasteiger partial charge in [-0.2, -0.15) is 5.26 Å². The van der Waals surface area contributed by atoms with Crippen molar-refractivity contribution in [1.29, 1.82) is 5.26 Å². The number of rotatable bonds is 5. The number of carbonyl (C=O) groups is 2. The Labute approximate surface area is 194 Å². The quantitative estimate of drug-likeness (QED) is 0.347. The molecule has 1 N–H and O–H groups in total. The highest BCUT2D eigenvalue weighted by Gasteiger charge is 2.48. The summed E-state index contributed by atoms with van der Waals surface area (Å²) >= 11 is 0. The lowest BCUT2D eigenvalue weighted by atomic mass is 9.94. The first kappa shape index (κ1) is 22.6. The highest BCUT2D eigenvalue weighted by atomic mass is 19.1. The van der Waals surface area contributed by atoms with E-state index >= 15 is 0 Å². The number of aliphatic hydroxyl groups is 1. The van der Waals surface area contributed by atoms with Gasteiger partial charge in [-0.1, -0.05) is 18.2 Å². The Balaban J connectivity index is 2.01. The number of hydrogen-bond acceptors (Lipinski definition) is 6. The van der Waals surface area contributed by atoms with Crippen molar-refractivity contribution in [2.24, 2.45) is 0 Å². The van der Waals surface area contributed by atoms with Gasteiger partial charge in [-0.15, -0.1) is 0 Å². The number of ether oxygens (including phenoxy) is 2. The molecule has 1 saturated heterocycles. The Morgan fingerprint density at radius 1 is 1.00 bits per heavy atom. The van der Waals surface area contributed by atoms with E-state index in [-0.39, 0.29) is 16.9 Å². The molecule has 170 valence electrons. The van der Waals surface area contributed by atoms with Crippen molar-refractivity contribution in [2.45, 2.75) is 6.04 Å². The summed E-state index contributed by atoms with van der Waals surface area (Å²) in [5, 5.41) is 20.4. The third-order valence-electron chi connectivity index (χ3n) is 5.57. The predicted octanol–water partition coefficient (Wildman–Crippen LogP) is 4.34. The fourth-order valence-corrected chi connectivity index (χ4v) is 3.99. The summed E-state index contributed by atoms with van der Waals surface area (Å²) in [5.74, 6) is -2.58. The van der Waals surface area contributed by atoms with Crippen LogP contribution in [0, 0.1) is 17.1 Å². The molecule has 4 rings (SSSR count). The van der Waals surface area contributed by atoms with Crippen molar-refractivity contribution in [2.75, 3.05) is 19.1 Å². The molecule has 3 aromatic rings. The summed E-state index contributed by atoms with van der Waals surface area (Å²) in [5.41, 5.74) is 0.828. The smallest absolute Gasteiger partial charge is 0.300 e. The van der Waals surface area contributed by atoms with Gasteiger partial charge in [-0.05, 0) is 48.5 Å². The first-order valence-electron chi connectivity index (χ1n) is 10.2. The number of anilines is 1. The molecule has 1 unspecified atom stereocenters. The zero-order valence-corrected chi connectivity index (χ0v) is 18.3. The zero-order valence-electron chi connectivity index (χ0n) is 18.3. The fraction of sp³-hybridized carbons (Fsp3) is 0.115. The Morgan fingerprint density at radius 3 is 2.32 bits per heavy atom. The number of hydrogen-bond donors (Lipinski definition) is 1. The van der Waals surface area contributed by atoms with E-state index in [4.69, 9.17) is 14.7 Å². The summed E-state index contributed by atoms with van der Waals surface area (Å²) in [7, 11) is 2.79. The third kappa shape index (κ3) is 3.73. The standard InChI is InChI=1S/C26H19FN2O5/c1-33-20-6-4-3-5-18(20)23-22(24(30)19-13-16(27)9-12-21(19)34-2)25(31)26(32)29(23)17-10-7-15(14-28)8-11-17/h3-13,23,30H,1-2H3/b24-22+. The molecule has 1 aliphatic rings. The summed E-state index contributed by atoms with van der Waals surface area (Å²) in [6.45, 7) is 0. The minimum atomic E-state index is -1.09. The van der Waals surface area contributed by atoms with E-state index in [9.17, 15) is 19.1 Å². The lowest BCUT2D eigenvalue weighted by molar-refractivity contribution is -0.132. The molecule has 1 fully saturated rings. The molecule has 0 aliphatic carbocycles.